The zero-order valence-corrected chi connectivity index (χ0v) is 41.1. The quantitative estimate of drug-likeness (QED) is 0.203. The van der Waals surface area contributed by atoms with Gasteiger partial charge in [0.05, 0.1) is 42.0 Å². The predicted octanol–water partition coefficient (Wildman–Crippen LogP) is 5.07. The van der Waals surface area contributed by atoms with Crippen molar-refractivity contribution in [2.24, 2.45) is 23.7 Å². The van der Waals surface area contributed by atoms with Crippen LogP contribution in [0.25, 0.3) is 0 Å². The third-order valence-electron chi connectivity index (χ3n) is 14.1. The first-order chi connectivity index (χ1) is 29.8. The highest BCUT2D eigenvalue weighted by Gasteiger charge is 2.55. The van der Waals surface area contributed by atoms with E-state index in [1.165, 1.54) is 21.1 Å². The van der Waals surface area contributed by atoms with Gasteiger partial charge in [0.2, 0.25) is 0 Å². The predicted molar refractivity (Wildman–Crippen MR) is 238 cm³/mol. The number of rotatable bonds is 12. The molecule has 17 heteroatoms. The van der Waals surface area contributed by atoms with E-state index in [2.05, 4.69) is 5.32 Å². The normalized spacial score (nSPS) is 41.8. The van der Waals surface area contributed by atoms with Crippen molar-refractivity contribution >= 4 is 29.4 Å². The Balaban J connectivity index is 1.73. The number of methoxy groups -OCH3 is 2. The number of hydrogen-bond donors (Lipinski definition) is 4. The van der Waals surface area contributed by atoms with Crippen molar-refractivity contribution in [2.45, 2.75) is 186 Å². The molecule has 366 valence electrons. The smallest absolute Gasteiger partial charge is 0.407 e. The number of hydrogen-bond acceptors (Lipinski definition) is 15. The van der Waals surface area contributed by atoms with Gasteiger partial charge in [-0.1, -0.05) is 51.4 Å². The Bertz CT molecular complexity index is 1690. The third-order valence-corrected chi connectivity index (χ3v) is 14.3. The average molecular weight is 930 g/mol. The van der Waals surface area contributed by atoms with Crippen LogP contribution in [0.1, 0.15) is 100 Å². The Morgan fingerprint density at radius 2 is 1.52 bits per heavy atom. The Morgan fingerprint density at radius 1 is 0.906 bits per heavy atom. The standard InChI is InChI=1S/C47H77ClN2O14/c1-15-34-47(10,56)39(53)27(4)36(51)25(2)23-45(8,57-13)40(63-43-37(52)33(50(11)12)22-26(3)59-43)28(5)38(29(6)42(54)61-34)62-35-24-46(9,58-14)41(30(7)60-35)64-44(55)49-21-20-31-16-18-32(48)19-17-31/h16-19,25-30,33-35,37-41,43,52-53,56H,15,20-24H2,1-14H3,(H,49,55)/t25-,26-,27+,28+,29-,30+,33+,34-,35+,37-,38+,39-,40-,41+,43+,45+,46-,47-/m1/s1. The molecule has 3 heterocycles. The van der Waals surface area contributed by atoms with Crippen molar-refractivity contribution in [3.05, 3.63) is 34.9 Å². The van der Waals surface area contributed by atoms with Crippen molar-refractivity contribution in [1.29, 1.82) is 0 Å². The molecule has 0 bridgehead atoms. The number of aliphatic hydroxyl groups excluding tert-OH is 2. The van der Waals surface area contributed by atoms with E-state index in [4.69, 9.17) is 49.5 Å². The van der Waals surface area contributed by atoms with Gasteiger partial charge in [-0.15, -0.1) is 0 Å². The summed E-state index contributed by atoms with van der Waals surface area (Å²) in [6.07, 6.45) is -9.39. The fourth-order valence-corrected chi connectivity index (χ4v) is 10.0. The molecule has 3 aliphatic rings. The van der Waals surface area contributed by atoms with Gasteiger partial charge in [0, 0.05) is 56.0 Å². The van der Waals surface area contributed by atoms with Crippen LogP contribution in [-0.2, 0) is 53.9 Å². The second-order valence-electron chi connectivity index (χ2n) is 19.3. The number of Topliss-reactive ketones (excluding diaryl/α,β-unsaturated/α-hetero) is 1. The number of amides is 1. The van der Waals surface area contributed by atoms with Crippen LogP contribution in [0.15, 0.2) is 24.3 Å². The Labute approximate surface area is 385 Å². The summed E-state index contributed by atoms with van der Waals surface area (Å²) >= 11 is 6.02. The molecule has 3 aliphatic heterocycles. The molecule has 0 aliphatic carbocycles. The van der Waals surface area contributed by atoms with Crippen molar-refractivity contribution in [3.8, 4) is 0 Å². The highest BCUT2D eigenvalue weighted by Crippen LogP contribution is 2.42. The second-order valence-corrected chi connectivity index (χ2v) is 19.8. The lowest BCUT2D eigenvalue weighted by Crippen LogP contribution is -2.62. The van der Waals surface area contributed by atoms with Gasteiger partial charge in [-0.25, -0.2) is 4.79 Å². The topological polar surface area (TPSA) is 201 Å². The fraction of sp³-hybridized carbons (Fsp3) is 0.809. The number of nitrogens with zero attached hydrogens (tertiary/aromatic N) is 1. The fourth-order valence-electron chi connectivity index (χ4n) is 9.91. The zero-order valence-electron chi connectivity index (χ0n) is 40.4. The van der Waals surface area contributed by atoms with Crippen LogP contribution in [-0.4, -0.2) is 157 Å². The highest BCUT2D eigenvalue weighted by molar-refractivity contribution is 6.30. The molecule has 3 saturated heterocycles. The average Bonchev–Trinajstić information content (AvgIpc) is 3.24. The van der Waals surface area contributed by atoms with Gasteiger partial charge in [-0.05, 0) is 99.0 Å². The van der Waals surface area contributed by atoms with Gasteiger partial charge in [-0.2, -0.15) is 0 Å². The lowest BCUT2D eigenvalue weighted by Gasteiger charge is -2.50. The van der Waals surface area contributed by atoms with Gasteiger partial charge < -0.3 is 63.4 Å². The van der Waals surface area contributed by atoms with Crippen molar-refractivity contribution in [1.82, 2.24) is 10.2 Å². The van der Waals surface area contributed by atoms with Crippen LogP contribution in [0.2, 0.25) is 5.02 Å². The molecule has 18 atom stereocenters. The van der Waals surface area contributed by atoms with Crippen molar-refractivity contribution in [2.75, 3.05) is 34.9 Å². The summed E-state index contributed by atoms with van der Waals surface area (Å²) in [6, 6.07) is 7.03. The number of carbonyl (C=O) groups is 3. The van der Waals surface area contributed by atoms with E-state index >= 15 is 0 Å². The van der Waals surface area contributed by atoms with Crippen LogP contribution in [0.4, 0.5) is 4.79 Å². The van der Waals surface area contributed by atoms with E-state index in [9.17, 15) is 29.7 Å². The number of likely N-dealkylation sites (N-methyl/N-ethyl adjacent to an activating group) is 1. The molecule has 64 heavy (non-hydrogen) atoms. The van der Waals surface area contributed by atoms with Crippen LogP contribution >= 0.6 is 11.6 Å². The van der Waals surface area contributed by atoms with Crippen LogP contribution in [0.5, 0.6) is 0 Å². The number of esters is 1. The number of nitrogens with one attached hydrogen (secondary N) is 1. The number of aliphatic hydroxyl groups is 3. The Kier molecular flexibility index (Phi) is 19.1. The lowest BCUT2D eigenvalue weighted by atomic mass is 9.74. The Morgan fingerprint density at radius 3 is 2.09 bits per heavy atom. The molecule has 1 aromatic rings. The number of carbonyl (C=O) groups excluding carboxylic acids is 3. The molecule has 0 spiro atoms. The minimum Gasteiger partial charge on any atom is -0.459 e. The number of benzene rings is 1. The van der Waals surface area contributed by atoms with E-state index in [0.717, 1.165) is 5.56 Å². The summed E-state index contributed by atoms with van der Waals surface area (Å²) in [5.74, 6) is -4.71. The SMILES string of the molecule is CC[C@H]1OC(=O)[C@H](C)[C@@H](O[C@H]2C[C@@](C)(OC)[C@@H](OC(=O)NCCc3ccc(Cl)cc3)[C@H](C)O2)[C@H](C)[C@@H](O[C@@H]2O[C@H](C)C[C@H](N(C)C)[C@H]2O)[C@@](C)(OC)C[C@@H](C)C(=O)[C@H](C)[C@@H](O)[C@]1(C)O. The first-order valence-electron chi connectivity index (χ1n) is 22.7. The van der Waals surface area contributed by atoms with Crippen molar-refractivity contribution in [3.63, 3.8) is 0 Å². The maximum absolute atomic E-state index is 14.5. The van der Waals surface area contributed by atoms with E-state index < -0.39 is 108 Å². The number of halogens is 1. The van der Waals surface area contributed by atoms with Crippen molar-refractivity contribution < 1.29 is 67.6 Å². The largest absolute Gasteiger partial charge is 0.459 e. The number of cyclic esters (lactones) is 1. The molecular formula is C47H77ClN2O14. The zero-order chi connectivity index (χ0) is 48.1. The monoisotopic (exact) mass is 929 g/mol. The highest BCUT2D eigenvalue weighted by atomic mass is 35.5. The van der Waals surface area contributed by atoms with Gasteiger partial charge in [0.1, 0.15) is 29.2 Å². The summed E-state index contributed by atoms with van der Waals surface area (Å²) in [6.45, 7) is 17.4. The van der Waals surface area contributed by atoms with Gasteiger partial charge in [0.15, 0.2) is 18.7 Å². The molecular weight excluding hydrogens is 852 g/mol. The summed E-state index contributed by atoms with van der Waals surface area (Å²) in [4.78, 5) is 43.7. The minimum atomic E-state index is -2.01. The maximum atomic E-state index is 14.5. The second kappa shape index (κ2) is 22.5. The summed E-state index contributed by atoms with van der Waals surface area (Å²) in [5.41, 5.74) is -3.45. The van der Waals surface area contributed by atoms with E-state index in [-0.39, 0.29) is 37.2 Å². The molecule has 0 saturated carbocycles. The summed E-state index contributed by atoms with van der Waals surface area (Å²) in [7, 11) is 6.75. The van der Waals surface area contributed by atoms with Gasteiger partial charge >= 0.3 is 12.1 Å². The van der Waals surface area contributed by atoms with Crippen LogP contribution in [0, 0.1) is 23.7 Å². The molecule has 0 unspecified atom stereocenters. The lowest BCUT2D eigenvalue weighted by molar-refractivity contribution is -0.319. The molecule has 1 aromatic carbocycles. The summed E-state index contributed by atoms with van der Waals surface area (Å²) in [5, 5.41) is 38.5. The molecule has 4 N–H and O–H groups in total. The van der Waals surface area contributed by atoms with Gasteiger partial charge in [0.25, 0.3) is 0 Å². The molecule has 0 aromatic heterocycles. The molecule has 0 radical (unpaired) electrons. The number of ketones is 1. The molecule has 3 fully saturated rings. The molecule has 16 nitrogen and oxygen atoms in total. The van der Waals surface area contributed by atoms with Crippen LogP contribution < -0.4 is 5.32 Å². The summed E-state index contributed by atoms with van der Waals surface area (Å²) < 4.78 is 50.9. The molecule has 1 amide bonds. The maximum Gasteiger partial charge on any atom is 0.407 e. The molecule has 4 rings (SSSR count). The van der Waals surface area contributed by atoms with E-state index in [1.54, 1.807) is 60.6 Å². The van der Waals surface area contributed by atoms with Crippen LogP contribution in [0.3, 0.4) is 0 Å². The van der Waals surface area contributed by atoms with E-state index in [0.29, 0.717) is 24.4 Å². The van der Waals surface area contributed by atoms with Gasteiger partial charge in [-0.3, -0.25) is 9.59 Å². The number of alkyl carbamates (subject to hydrolysis) is 1. The third kappa shape index (κ3) is 12.5. The Hall–Kier alpha value is -2.48. The first kappa shape index (κ1) is 54.1. The minimum absolute atomic E-state index is 0.0585. The number of ether oxygens (including phenoxy) is 8. The first-order valence-corrected chi connectivity index (χ1v) is 23.1. The van der Waals surface area contributed by atoms with E-state index in [1.807, 2.05) is 45.0 Å².